The summed E-state index contributed by atoms with van der Waals surface area (Å²) in [6.45, 7) is 1.93. The van der Waals surface area contributed by atoms with Crippen molar-refractivity contribution >= 4 is 11.5 Å². The Balaban J connectivity index is 1.90. The molecular weight excluding hydrogens is 404 g/mol. The Bertz CT molecular complexity index is 1220. The number of aromatic nitrogens is 1. The van der Waals surface area contributed by atoms with Gasteiger partial charge in [0.2, 0.25) is 5.75 Å². The van der Waals surface area contributed by atoms with Gasteiger partial charge in [-0.15, -0.1) is 0 Å². The molecule has 0 fully saturated rings. The van der Waals surface area contributed by atoms with E-state index in [4.69, 9.17) is 14.2 Å². The quantitative estimate of drug-likeness (QED) is 0.494. The van der Waals surface area contributed by atoms with Gasteiger partial charge in [-0.05, 0) is 42.3 Å². The first-order valence-corrected chi connectivity index (χ1v) is 10.2. The second kappa shape index (κ2) is 9.06. The minimum atomic E-state index is -0.157. The highest BCUT2D eigenvalue weighted by atomic mass is 16.5. The van der Waals surface area contributed by atoms with E-state index in [9.17, 15) is 4.79 Å². The molecule has 0 N–H and O–H groups in total. The third-order valence-electron chi connectivity index (χ3n) is 5.47. The molecule has 0 spiro atoms. The number of carbonyl (C=O) groups excluding carboxylic acids is 1. The SMILES string of the molecule is COc1cc(C(=O)c2cc(C3=NC=CC3)ccc2-c2cccnc2C)cc(OC)c1OC. The van der Waals surface area contributed by atoms with Crippen LogP contribution in [0.25, 0.3) is 11.1 Å². The number of pyridine rings is 1. The van der Waals surface area contributed by atoms with Crippen molar-refractivity contribution in [1.29, 1.82) is 0 Å². The van der Waals surface area contributed by atoms with Gasteiger partial charge in [-0.3, -0.25) is 14.8 Å². The van der Waals surface area contributed by atoms with Gasteiger partial charge in [0.1, 0.15) is 0 Å². The number of aryl methyl sites for hydroxylation is 1. The van der Waals surface area contributed by atoms with Crippen LogP contribution in [0.4, 0.5) is 0 Å². The normalized spacial score (nSPS) is 12.4. The Morgan fingerprint density at radius 1 is 0.938 bits per heavy atom. The summed E-state index contributed by atoms with van der Waals surface area (Å²) in [5.41, 5.74) is 5.40. The first-order chi connectivity index (χ1) is 15.6. The summed E-state index contributed by atoms with van der Waals surface area (Å²) >= 11 is 0. The topological polar surface area (TPSA) is 70.0 Å². The molecule has 0 amide bonds. The van der Waals surface area contributed by atoms with Crippen LogP contribution >= 0.6 is 0 Å². The second-order valence-electron chi connectivity index (χ2n) is 7.30. The number of rotatable bonds is 7. The zero-order valence-corrected chi connectivity index (χ0v) is 18.5. The lowest BCUT2D eigenvalue weighted by Gasteiger charge is -2.16. The number of hydrogen-bond donors (Lipinski definition) is 0. The van der Waals surface area contributed by atoms with Gasteiger partial charge in [-0.25, -0.2) is 0 Å². The van der Waals surface area contributed by atoms with Crippen LogP contribution in [0.2, 0.25) is 0 Å². The molecule has 32 heavy (non-hydrogen) atoms. The Morgan fingerprint density at radius 2 is 1.69 bits per heavy atom. The van der Waals surface area contributed by atoms with Gasteiger partial charge in [-0.2, -0.15) is 0 Å². The van der Waals surface area contributed by atoms with Crippen LogP contribution in [0.1, 0.15) is 33.6 Å². The number of allylic oxidation sites excluding steroid dienone is 1. The maximum atomic E-state index is 13.8. The lowest BCUT2D eigenvalue weighted by molar-refractivity contribution is 0.103. The average molecular weight is 428 g/mol. The second-order valence-corrected chi connectivity index (χ2v) is 7.30. The molecule has 0 saturated carbocycles. The number of ether oxygens (including phenoxy) is 3. The smallest absolute Gasteiger partial charge is 0.203 e. The van der Waals surface area contributed by atoms with Crippen LogP contribution in [0.3, 0.4) is 0 Å². The summed E-state index contributed by atoms with van der Waals surface area (Å²) in [5.74, 6) is 1.13. The van der Waals surface area contributed by atoms with Crippen LogP contribution in [-0.4, -0.2) is 37.8 Å². The highest BCUT2D eigenvalue weighted by molar-refractivity contribution is 6.15. The molecule has 0 unspecified atom stereocenters. The average Bonchev–Trinajstić information content (AvgIpc) is 3.37. The summed E-state index contributed by atoms with van der Waals surface area (Å²) in [5, 5.41) is 0. The molecule has 1 aromatic heterocycles. The van der Waals surface area contributed by atoms with Crippen molar-refractivity contribution < 1.29 is 19.0 Å². The van der Waals surface area contributed by atoms with E-state index < -0.39 is 0 Å². The summed E-state index contributed by atoms with van der Waals surface area (Å²) in [7, 11) is 4.59. The van der Waals surface area contributed by atoms with E-state index in [1.165, 1.54) is 21.3 Å². The van der Waals surface area contributed by atoms with Crippen LogP contribution in [-0.2, 0) is 0 Å². The Labute approximate surface area is 187 Å². The molecule has 4 rings (SSSR count). The van der Waals surface area contributed by atoms with E-state index >= 15 is 0 Å². The fraction of sp³-hybridized carbons (Fsp3) is 0.192. The summed E-state index contributed by atoms with van der Waals surface area (Å²) in [6.07, 6.45) is 6.26. The summed E-state index contributed by atoms with van der Waals surface area (Å²) in [4.78, 5) is 22.7. The third-order valence-corrected chi connectivity index (χ3v) is 5.47. The van der Waals surface area contributed by atoms with Gasteiger partial charge in [0.05, 0.1) is 27.0 Å². The Morgan fingerprint density at radius 3 is 2.28 bits per heavy atom. The fourth-order valence-electron chi connectivity index (χ4n) is 3.84. The number of aliphatic imine (C=N–C) groups is 1. The van der Waals surface area contributed by atoms with Crippen molar-refractivity contribution in [3.8, 4) is 28.4 Å². The highest BCUT2D eigenvalue weighted by Crippen LogP contribution is 2.39. The highest BCUT2D eigenvalue weighted by Gasteiger charge is 2.22. The van der Waals surface area contributed by atoms with Gasteiger partial charge >= 0.3 is 0 Å². The van der Waals surface area contributed by atoms with Gasteiger partial charge in [0.25, 0.3) is 0 Å². The van der Waals surface area contributed by atoms with Gasteiger partial charge in [-0.1, -0.05) is 24.3 Å². The standard InChI is InChI=1S/C26H24N2O4/c1-16-19(7-5-11-27-16)20-10-9-17(22-8-6-12-28-22)13-21(20)25(29)18-14-23(30-2)26(32-4)24(15-18)31-3/h5-7,9-15H,8H2,1-4H3. The minimum absolute atomic E-state index is 0.157. The number of methoxy groups -OCH3 is 3. The minimum Gasteiger partial charge on any atom is -0.493 e. The van der Waals surface area contributed by atoms with Gasteiger partial charge < -0.3 is 14.2 Å². The zero-order chi connectivity index (χ0) is 22.7. The van der Waals surface area contributed by atoms with E-state index in [1.54, 1.807) is 24.5 Å². The van der Waals surface area contributed by atoms with Crippen molar-refractivity contribution in [2.45, 2.75) is 13.3 Å². The molecule has 162 valence electrons. The van der Waals surface area contributed by atoms with E-state index in [0.29, 0.717) is 28.4 Å². The maximum Gasteiger partial charge on any atom is 0.203 e. The van der Waals surface area contributed by atoms with Crippen LogP contribution in [0.5, 0.6) is 17.2 Å². The monoisotopic (exact) mass is 428 g/mol. The van der Waals surface area contributed by atoms with Crippen molar-refractivity contribution in [1.82, 2.24) is 4.98 Å². The molecule has 1 aliphatic rings. The van der Waals surface area contributed by atoms with Crippen LogP contribution in [0.15, 0.2) is 65.9 Å². The van der Waals surface area contributed by atoms with E-state index in [-0.39, 0.29) is 5.78 Å². The molecule has 1 aliphatic heterocycles. The predicted molar refractivity (Wildman–Crippen MR) is 124 cm³/mol. The van der Waals surface area contributed by atoms with E-state index in [0.717, 1.165) is 34.5 Å². The van der Waals surface area contributed by atoms with E-state index in [2.05, 4.69) is 9.98 Å². The van der Waals surface area contributed by atoms with Gasteiger partial charge in [0.15, 0.2) is 17.3 Å². The molecule has 0 atom stereocenters. The molecule has 0 bridgehead atoms. The molecular formula is C26H24N2O4. The van der Waals surface area contributed by atoms with Crippen molar-refractivity contribution in [2.75, 3.05) is 21.3 Å². The Hall–Kier alpha value is -3.93. The molecule has 2 heterocycles. The molecule has 6 nitrogen and oxygen atoms in total. The molecule has 3 aromatic rings. The zero-order valence-electron chi connectivity index (χ0n) is 18.5. The van der Waals surface area contributed by atoms with Crippen molar-refractivity contribution in [3.05, 3.63) is 83.3 Å². The third kappa shape index (κ3) is 3.87. The molecule has 0 radical (unpaired) electrons. The van der Waals surface area contributed by atoms with Crippen LogP contribution < -0.4 is 14.2 Å². The number of hydrogen-bond acceptors (Lipinski definition) is 6. The molecule has 2 aromatic carbocycles. The summed E-state index contributed by atoms with van der Waals surface area (Å²) in [6, 6.07) is 13.0. The Kier molecular flexibility index (Phi) is 6.03. The molecule has 0 aliphatic carbocycles. The van der Waals surface area contributed by atoms with Crippen LogP contribution in [0, 0.1) is 6.92 Å². The summed E-state index contributed by atoms with van der Waals surface area (Å²) < 4.78 is 16.3. The number of ketones is 1. The number of benzene rings is 2. The lowest BCUT2D eigenvalue weighted by atomic mass is 9.90. The number of carbonyl (C=O) groups is 1. The largest absolute Gasteiger partial charge is 0.493 e. The molecule has 6 heteroatoms. The molecule has 0 saturated heterocycles. The van der Waals surface area contributed by atoms with Crippen molar-refractivity contribution in [2.24, 2.45) is 4.99 Å². The van der Waals surface area contributed by atoms with Gasteiger partial charge in [0, 0.05) is 41.2 Å². The maximum absolute atomic E-state index is 13.8. The fourth-order valence-corrected chi connectivity index (χ4v) is 3.84. The first-order valence-electron chi connectivity index (χ1n) is 10.2. The predicted octanol–water partition coefficient (Wildman–Crippen LogP) is 5.02. The van der Waals surface area contributed by atoms with E-state index in [1.807, 2.05) is 43.3 Å². The van der Waals surface area contributed by atoms with Crippen molar-refractivity contribution in [3.63, 3.8) is 0 Å². The lowest BCUT2D eigenvalue weighted by Crippen LogP contribution is -2.08. The number of nitrogens with zero attached hydrogens (tertiary/aromatic N) is 2. The first kappa shape index (κ1) is 21.3.